The molecule has 0 nitrogen and oxygen atoms in total. The highest BCUT2D eigenvalue weighted by Crippen LogP contribution is 2.48. The van der Waals surface area contributed by atoms with Crippen LogP contribution in [-0.2, 0) is 51.4 Å². The lowest BCUT2D eigenvalue weighted by molar-refractivity contribution is 1.09. The van der Waals surface area contributed by atoms with Crippen molar-refractivity contribution in [3.8, 4) is 0 Å². The topological polar surface area (TPSA) is 0 Å². The van der Waals surface area contributed by atoms with E-state index in [1.54, 1.807) is 44.5 Å². The van der Waals surface area contributed by atoms with E-state index in [0.717, 1.165) is 51.4 Å². The van der Waals surface area contributed by atoms with Crippen LogP contribution >= 0.6 is 0 Å². The van der Waals surface area contributed by atoms with Crippen molar-refractivity contribution in [2.45, 2.75) is 112 Å². The second-order valence-corrected chi connectivity index (χ2v) is 24.8. The van der Waals surface area contributed by atoms with Crippen LogP contribution in [0.2, 0.25) is 5.67 Å². The number of rotatable bonds is 12. The summed E-state index contributed by atoms with van der Waals surface area (Å²) in [4.78, 5) is 0. The lowest BCUT2D eigenvalue weighted by Gasteiger charge is -2.36. The van der Waals surface area contributed by atoms with Gasteiger partial charge in [0.05, 0.1) is 0 Å². The number of hydrogen-bond acceptors (Lipinski definition) is 0. The molecular weight excluding hydrogens is 549 g/mol. The second-order valence-electron chi connectivity index (χ2n) is 12.6. The molecule has 1 aliphatic rings. The molecule has 226 valence electrons. The minimum atomic E-state index is -2.28. The monoisotopic (exact) mass is 602 g/mol. The van der Waals surface area contributed by atoms with Gasteiger partial charge in [-0.1, -0.05) is 128 Å². The van der Waals surface area contributed by atoms with Crippen LogP contribution in [0.3, 0.4) is 0 Å². The zero-order valence-corrected chi connectivity index (χ0v) is 30.3. The van der Waals surface area contributed by atoms with Gasteiger partial charge < -0.3 is 0 Å². The molecule has 0 radical (unpaired) electrons. The van der Waals surface area contributed by atoms with Crippen LogP contribution in [0.4, 0.5) is 0 Å². The molecule has 4 aromatic carbocycles. The maximum Gasteiger partial charge on any atom is 0.120 e. The summed E-state index contributed by atoms with van der Waals surface area (Å²) >= 11 is 0. The highest BCUT2D eigenvalue weighted by molar-refractivity contribution is 7.75. The maximum atomic E-state index is 2.50. The van der Waals surface area contributed by atoms with E-state index >= 15 is 0 Å². The molecule has 0 unspecified atom stereocenters. The fourth-order valence-electron chi connectivity index (χ4n) is 8.97. The summed E-state index contributed by atoms with van der Waals surface area (Å²) in [7, 11) is -4.56. The van der Waals surface area contributed by atoms with Crippen molar-refractivity contribution < 1.29 is 0 Å². The molecule has 1 saturated heterocycles. The quantitative estimate of drug-likeness (QED) is 0.146. The lowest BCUT2D eigenvalue weighted by Crippen LogP contribution is -2.69. The average molecular weight is 603 g/mol. The molecule has 0 aromatic heterocycles. The summed E-state index contributed by atoms with van der Waals surface area (Å²) in [6.45, 7) is 19.3. The van der Waals surface area contributed by atoms with Crippen molar-refractivity contribution in [1.29, 1.82) is 0 Å². The lowest BCUT2D eigenvalue weighted by atomic mass is 10.1. The maximum absolute atomic E-state index is 2.50. The highest BCUT2D eigenvalue weighted by atomic mass is 29.3. The molecule has 2 heteroatoms. The molecule has 0 N–H and O–H groups in total. The van der Waals surface area contributed by atoms with Crippen LogP contribution in [0.25, 0.3) is 0 Å². The Morgan fingerprint density at radius 3 is 0.628 bits per heavy atom. The molecule has 0 atom stereocenters. The molecule has 1 heterocycles. The fourth-order valence-corrected chi connectivity index (χ4v) is 35.5. The Balaban J connectivity index is 2.11. The van der Waals surface area contributed by atoms with E-state index in [1.807, 2.05) is 20.7 Å². The van der Waals surface area contributed by atoms with Gasteiger partial charge in [-0.3, -0.25) is 0 Å². The number of benzene rings is 4. The van der Waals surface area contributed by atoms with Gasteiger partial charge in [0.15, 0.2) is 0 Å². The van der Waals surface area contributed by atoms with Gasteiger partial charge in [-0.25, -0.2) is 0 Å². The first-order valence-corrected chi connectivity index (χ1v) is 22.8. The fraction of sp³-hybridized carbons (Fsp3) is 0.415. The standard InChI is InChI=1S/C41H54Si2/c1-9-30-21-17-22-31(10-2)38(30)42(39-32(11-3)23-18-24-33(39)12-4)29-43(42,40-34(13-5)25-19-26-35(40)14-6)41-36(15-7)27-20-28-37(41)16-8/h17-28H,9-16,29H2,1-8H3. The van der Waals surface area contributed by atoms with Crippen LogP contribution in [0.5, 0.6) is 0 Å². The van der Waals surface area contributed by atoms with Crippen molar-refractivity contribution >= 4 is 35.9 Å². The number of hydrogen-bond donors (Lipinski definition) is 0. The van der Waals surface area contributed by atoms with Crippen LogP contribution < -0.4 is 20.7 Å². The molecule has 0 saturated carbocycles. The molecule has 4 aromatic rings. The molecule has 0 amide bonds. The smallest absolute Gasteiger partial charge is 0.0617 e. The van der Waals surface area contributed by atoms with Crippen molar-refractivity contribution in [2.24, 2.45) is 0 Å². The summed E-state index contributed by atoms with van der Waals surface area (Å²) in [6, 6.07) is 29.4. The van der Waals surface area contributed by atoms with E-state index in [1.165, 1.54) is 5.67 Å². The minimum absolute atomic E-state index is 1.12. The van der Waals surface area contributed by atoms with Gasteiger partial charge >= 0.3 is 0 Å². The van der Waals surface area contributed by atoms with Crippen molar-refractivity contribution in [2.75, 3.05) is 0 Å². The summed E-state index contributed by atoms with van der Waals surface area (Å²) in [5.41, 5.74) is 14.5. The first-order valence-electron chi connectivity index (χ1n) is 17.4. The predicted molar refractivity (Wildman–Crippen MR) is 196 cm³/mol. The summed E-state index contributed by atoms with van der Waals surface area (Å²) in [5, 5.41) is 7.35. The van der Waals surface area contributed by atoms with Crippen LogP contribution in [-0.4, -0.2) is 15.2 Å². The Hall–Kier alpha value is -2.69. The third-order valence-corrected chi connectivity index (χ3v) is 28.9. The first kappa shape index (κ1) is 31.7. The molecule has 1 aliphatic heterocycles. The molecule has 0 aliphatic carbocycles. The summed E-state index contributed by atoms with van der Waals surface area (Å²) in [6.07, 6.45) is 8.92. The molecule has 1 fully saturated rings. The van der Waals surface area contributed by atoms with E-state index < -0.39 is 15.2 Å². The van der Waals surface area contributed by atoms with Gasteiger partial charge in [-0.2, -0.15) is 0 Å². The van der Waals surface area contributed by atoms with Crippen molar-refractivity contribution in [3.63, 3.8) is 0 Å². The van der Waals surface area contributed by atoms with E-state index in [0.29, 0.717) is 0 Å². The van der Waals surface area contributed by atoms with Crippen molar-refractivity contribution in [3.05, 3.63) is 117 Å². The Bertz CT molecular complexity index is 1270. The molecule has 43 heavy (non-hydrogen) atoms. The van der Waals surface area contributed by atoms with E-state index in [9.17, 15) is 0 Å². The molecule has 0 spiro atoms. The largest absolute Gasteiger partial charge is 0.120 e. The van der Waals surface area contributed by atoms with Gasteiger partial charge in [0.2, 0.25) is 0 Å². The Morgan fingerprint density at radius 1 is 0.326 bits per heavy atom. The van der Waals surface area contributed by atoms with Crippen LogP contribution in [0.1, 0.15) is 99.9 Å². The zero-order chi connectivity index (χ0) is 30.8. The SMILES string of the molecule is CCc1cccc(CC)c1[Si]1(c2c(CC)cccc2CC)C[Si]1(c1c(CC)cccc1CC)c1c(CC)cccc1CC. The summed E-state index contributed by atoms with van der Waals surface area (Å²) in [5.74, 6) is 0. The normalized spacial score (nSPS) is 15.1. The Kier molecular flexibility index (Phi) is 9.68. The van der Waals surface area contributed by atoms with Gasteiger partial charge in [-0.15, -0.1) is 0 Å². The Labute approximate surface area is 264 Å². The Morgan fingerprint density at radius 2 is 0.488 bits per heavy atom. The van der Waals surface area contributed by atoms with E-state index in [-0.39, 0.29) is 0 Å². The minimum Gasteiger partial charge on any atom is -0.0617 e. The van der Waals surface area contributed by atoms with Crippen LogP contribution in [0.15, 0.2) is 72.8 Å². The third-order valence-electron chi connectivity index (χ3n) is 10.8. The van der Waals surface area contributed by atoms with Crippen LogP contribution in [0, 0.1) is 0 Å². The third kappa shape index (κ3) is 4.84. The van der Waals surface area contributed by atoms with Gasteiger partial charge in [0.1, 0.15) is 15.2 Å². The first-order chi connectivity index (χ1) is 21.0. The van der Waals surface area contributed by atoms with E-state index in [4.69, 9.17) is 0 Å². The van der Waals surface area contributed by atoms with Gasteiger partial charge in [-0.05, 0) is 122 Å². The number of aryl methyl sites for hydroxylation is 8. The summed E-state index contributed by atoms with van der Waals surface area (Å²) < 4.78 is 0. The van der Waals surface area contributed by atoms with Crippen molar-refractivity contribution in [1.82, 2.24) is 0 Å². The average Bonchev–Trinajstić information content (AvgIpc) is 3.76. The highest BCUT2D eigenvalue weighted by Gasteiger charge is 2.77. The molecule has 0 bridgehead atoms. The van der Waals surface area contributed by atoms with Gasteiger partial charge in [0, 0.05) is 0 Å². The predicted octanol–water partition coefficient (Wildman–Crippen LogP) is 7.64. The zero-order valence-electron chi connectivity index (χ0n) is 28.3. The molecule has 5 rings (SSSR count). The second kappa shape index (κ2) is 13.1. The van der Waals surface area contributed by atoms with Gasteiger partial charge in [0.25, 0.3) is 0 Å². The molecular formula is C41H54Si2. The van der Waals surface area contributed by atoms with E-state index in [2.05, 4.69) is 128 Å².